The van der Waals surface area contributed by atoms with Gasteiger partial charge in [0.1, 0.15) is 13.2 Å². The second-order valence-corrected chi connectivity index (χ2v) is 29.4. The molecule has 0 aromatic rings. The second kappa shape index (κ2) is 76.0. The number of carbonyl (C=O) groups is 3. The quantitative estimate of drug-likeness (QED) is 0.0211. The zero-order valence-electron chi connectivity index (χ0n) is 63.4. The highest BCUT2D eigenvalue weighted by Crippen LogP contribution is 2.20. The van der Waals surface area contributed by atoms with Gasteiger partial charge in [-0.2, -0.15) is 0 Å². The fourth-order valence-electron chi connectivity index (χ4n) is 12.6. The van der Waals surface area contributed by atoms with Gasteiger partial charge in [0.25, 0.3) is 6.29 Å². The molecule has 9 heteroatoms. The second-order valence-electron chi connectivity index (χ2n) is 29.4. The molecular weight excluding hydrogens is 1160 g/mol. The number of quaternary nitrogens is 1. The van der Waals surface area contributed by atoms with Gasteiger partial charge >= 0.3 is 17.9 Å². The van der Waals surface area contributed by atoms with Crippen LogP contribution in [0.1, 0.15) is 418 Å². The highest BCUT2D eigenvalue weighted by molar-refractivity contribution is 5.71. The lowest BCUT2D eigenvalue weighted by Gasteiger charge is -2.25. The third-order valence-electron chi connectivity index (χ3n) is 18.8. The molecule has 0 aromatic heterocycles. The molecule has 0 fully saturated rings. The van der Waals surface area contributed by atoms with Crippen LogP contribution in [0.15, 0.2) is 48.6 Å². The largest absolute Gasteiger partial charge is 0.477 e. The monoisotopic (exact) mass is 1320 g/mol. The van der Waals surface area contributed by atoms with Gasteiger partial charge in [-0.25, -0.2) is 4.79 Å². The van der Waals surface area contributed by atoms with Gasteiger partial charge in [0.2, 0.25) is 0 Å². The summed E-state index contributed by atoms with van der Waals surface area (Å²) in [4.78, 5) is 37.7. The first kappa shape index (κ1) is 91.2. The van der Waals surface area contributed by atoms with Crippen LogP contribution in [0.2, 0.25) is 0 Å². The number of hydrogen-bond acceptors (Lipinski definition) is 7. The molecule has 0 aliphatic rings. The summed E-state index contributed by atoms with van der Waals surface area (Å²) in [6.45, 7) is 4.85. The van der Waals surface area contributed by atoms with Gasteiger partial charge in [-0.05, 0) is 51.4 Å². The van der Waals surface area contributed by atoms with Crippen LogP contribution < -0.4 is 0 Å². The van der Waals surface area contributed by atoms with Crippen LogP contribution in [0.5, 0.6) is 0 Å². The first-order valence-corrected chi connectivity index (χ1v) is 41.3. The van der Waals surface area contributed by atoms with E-state index in [1.54, 1.807) is 0 Å². The van der Waals surface area contributed by atoms with Crippen LogP contribution in [-0.4, -0.2) is 87.4 Å². The number of carbonyl (C=O) groups excluding carboxylic acids is 2. The third kappa shape index (κ3) is 76.6. The van der Waals surface area contributed by atoms with Crippen LogP contribution in [-0.2, 0) is 33.3 Å². The summed E-state index contributed by atoms with van der Waals surface area (Å²) in [5.74, 6) is -1.97. The van der Waals surface area contributed by atoms with Gasteiger partial charge in [0.15, 0.2) is 6.10 Å². The lowest BCUT2D eigenvalue weighted by Crippen LogP contribution is -2.40. The van der Waals surface area contributed by atoms with Crippen molar-refractivity contribution < 1.29 is 42.9 Å². The fourth-order valence-corrected chi connectivity index (χ4v) is 12.6. The predicted molar refractivity (Wildman–Crippen MR) is 406 cm³/mol. The summed E-state index contributed by atoms with van der Waals surface area (Å²) in [5, 5.41) is 9.78. The normalized spacial score (nSPS) is 12.8. The summed E-state index contributed by atoms with van der Waals surface area (Å²) in [7, 11) is 6.00. The van der Waals surface area contributed by atoms with E-state index in [4.69, 9.17) is 18.9 Å². The van der Waals surface area contributed by atoms with Crippen LogP contribution in [0, 0.1) is 0 Å². The van der Waals surface area contributed by atoms with Crippen molar-refractivity contribution in [3.63, 3.8) is 0 Å². The Labute approximate surface area is 584 Å². The van der Waals surface area contributed by atoms with Crippen LogP contribution in [0.25, 0.3) is 0 Å². The van der Waals surface area contributed by atoms with Crippen molar-refractivity contribution >= 4 is 17.9 Å². The van der Waals surface area contributed by atoms with E-state index in [1.807, 2.05) is 21.1 Å². The van der Waals surface area contributed by atoms with Crippen LogP contribution in [0.4, 0.5) is 0 Å². The van der Waals surface area contributed by atoms with Crippen molar-refractivity contribution in [1.29, 1.82) is 0 Å². The number of rotatable bonds is 78. The Kier molecular flexibility index (Phi) is 73.8. The molecule has 9 nitrogen and oxygen atoms in total. The lowest BCUT2D eigenvalue weighted by molar-refractivity contribution is -0.870. The van der Waals surface area contributed by atoms with Gasteiger partial charge in [0.05, 0.1) is 34.4 Å². The average Bonchev–Trinajstić information content (AvgIpc) is 3.42. The Morgan fingerprint density at radius 1 is 0.330 bits per heavy atom. The minimum Gasteiger partial charge on any atom is -0.477 e. The highest BCUT2D eigenvalue weighted by atomic mass is 16.7. The van der Waals surface area contributed by atoms with E-state index in [-0.39, 0.29) is 38.2 Å². The van der Waals surface area contributed by atoms with Crippen molar-refractivity contribution in [2.75, 3.05) is 47.5 Å². The van der Waals surface area contributed by atoms with Crippen molar-refractivity contribution in [3.8, 4) is 0 Å². The summed E-state index contributed by atoms with van der Waals surface area (Å²) >= 11 is 0. The van der Waals surface area contributed by atoms with E-state index >= 15 is 0 Å². The number of unbranched alkanes of at least 4 members (excludes halogenated alkanes) is 55. The third-order valence-corrected chi connectivity index (χ3v) is 18.8. The average molecular weight is 1320 g/mol. The first-order chi connectivity index (χ1) is 46.1. The number of hydrogen-bond donors (Lipinski definition) is 1. The smallest absolute Gasteiger partial charge is 0.361 e. The van der Waals surface area contributed by atoms with Crippen LogP contribution >= 0.6 is 0 Å². The zero-order valence-corrected chi connectivity index (χ0v) is 63.4. The molecule has 2 atom stereocenters. The molecule has 0 amide bonds. The number of allylic oxidation sites excluding steroid dienone is 8. The molecule has 0 spiro atoms. The number of ether oxygens (including phenoxy) is 4. The van der Waals surface area contributed by atoms with Crippen molar-refractivity contribution in [2.24, 2.45) is 0 Å². The van der Waals surface area contributed by atoms with Crippen LogP contribution in [0.3, 0.4) is 0 Å². The molecule has 1 N–H and O–H groups in total. The molecule has 0 radical (unpaired) electrons. The maximum Gasteiger partial charge on any atom is 0.361 e. The van der Waals surface area contributed by atoms with E-state index < -0.39 is 18.4 Å². The minimum atomic E-state index is -1.51. The summed E-state index contributed by atoms with van der Waals surface area (Å²) in [6.07, 6.45) is 97.2. The molecule has 0 aliphatic heterocycles. The fraction of sp³-hybridized carbons (Fsp3) is 0.871. The Balaban J connectivity index is 3.92. The summed E-state index contributed by atoms with van der Waals surface area (Å²) < 4.78 is 23.1. The molecule has 2 unspecified atom stereocenters. The predicted octanol–water partition coefficient (Wildman–Crippen LogP) is 26.4. The number of carboxylic acids is 1. The Morgan fingerprint density at radius 2 is 0.606 bits per heavy atom. The highest BCUT2D eigenvalue weighted by Gasteiger charge is 2.25. The number of nitrogens with zero attached hydrogens (tertiary/aromatic N) is 1. The summed E-state index contributed by atoms with van der Waals surface area (Å²) in [6, 6.07) is 0. The number of aliphatic carboxylic acids is 1. The van der Waals surface area contributed by atoms with E-state index in [2.05, 4.69) is 62.5 Å². The lowest BCUT2D eigenvalue weighted by atomic mass is 10.0. The molecule has 0 saturated carbocycles. The van der Waals surface area contributed by atoms with Gasteiger partial charge in [0, 0.05) is 12.8 Å². The SMILES string of the molecule is CC/C=C\C/C=C\C/C=C\C/C=C\CCCCCCCCCCCCCCCCCCCCCCCCCCCCCCC(=O)OC(COC(=O)CCCCCCCCCCCCCCCCCCCCCCCCCCCCCC)COC(OCC[N+](C)(C)C)C(=O)O. The van der Waals surface area contributed by atoms with E-state index in [1.165, 1.54) is 327 Å². The van der Waals surface area contributed by atoms with E-state index in [0.717, 1.165) is 64.2 Å². The molecule has 0 aromatic carbocycles. The molecule has 0 aliphatic carbocycles. The Hall–Kier alpha value is -2.75. The van der Waals surface area contributed by atoms with Gasteiger partial charge in [-0.15, -0.1) is 0 Å². The first-order valence-electron chi connectivity index (χ1n) is 41.3. The molecule has 0 heterocycles. The van der Waals surface area contributed by atoms with E-state index in [9.17, 15) is 19.5 Å². The number of carboxylic acid groups (broad SMARTS) is 1. The maximum atomic E-state index is 13.0. The molecule has 0 saturated heterocycles. The maximum absolute atomic E-state index is 13.0. The Morgan fingerprint density at radius 3 is 0.904 bits per heavy atom. The number of likely N-dealkylation sites (N-methyl/N-ethyl adjacent to an activating group) is 1. The zero-order chi connectivity index (χ0) is 68.2. The number of esters is 2. The molecule has 552 valence electrons. The Bertz CT molecular complexity index is 1680. The van der Waals surface area contributed by atoms with Crippen molar-refractivity contribution in [3.05, 3.63) is 48.6 Å². The standard InChI is InChI=1S/C85H159NO8/c1-6-8-10-12-14-16-18-20-22-24-26-28-30-32-34-36-37-38-39-40-41-42-43-44-45-46-47-48-50-52-54-56-58-60-62-64-66-68-70-72-74-76-83(88)94-81(80-93-85(84(89)90)91-78-77-86(3,4)5)79-92-82(87)75-73-71-69-67-65-63-61-59-57-55-53-51-49-35-33-31-29-27-25-23-21-19-17-15-13-11-9-7-2/h8,10,14,16,20,22,26,28,81,85H,6-7,9,11-13,15,17-19,21,23-25,27,29-80H2,1-5H3/p+1/b10-8-,16-14-,22-20-,28-26-. The summed E-state index contributed by atoms with van der Waals surface area (Å²) in [5.41, 5.74) is 0. The molecular formula is C85H160NO8+. The molecule has 0 bridgehead atoms. The topological polar surface area (TPSA) is 108 Å². The minimum absolute atomic E-state index is 0.174. The van der Waals surface area contributed by atoms with Crippen molar-refractivity contribution in [2.45, 2.75) is 431 Å². The molecule has 94 heavy (non-hydrogen) atoms. The van der Waals surface area contributed by atoms with Gasteiger partial charge < -0.3 is 28.5 Å². The van der Waals surface area contributed by atoms with Crippen molar-refractivity contribution in [1.82, 2.24) is 0 Å². The van der Waals surface area contributed by atoms with E-state index in [0.29, 0.717) is 17.4 Å². The van der Waals surface area contributed by atoms with Gasteiger partial charge in [-0.1, -0.05) is 403 Å². The van der Waals surface area contributed by atoms with Gasteiger partial charge in [-0.3, -0.25) is 9.59 Å². The molecule has 0 rings (SSSR count).